The Morgan fingerprint density at radius 2 is 1.43 bits per heavy atom. The van der Waals surface area contributed by atoms with Gasteiger partial charge in [0.1, 0.15) is 11.4 Å². The van der Waals surface area contributed by atoms with Crippen molar-refractivity contribution in [2.75, 3.05) is 27.3 Å². The lowest BCUT2D eigenvalue weighted by Crippen LogP contribution is -2.48. The summed E-state index contributed by atoms with van der Waals surface area (Å²) in [6, 6.07) is 12.2. The molecule has 4 aromatic rings. The van der Waals surface area contributed by atoms with Crippen LogP contribution in [0.15, 0.2) is 48.8 Å². The van der Waals surface area contributed by atoms with Gasteiger partial charge >= 0.3 is 0 Å². The molecule has 4 heterocycles. The molecule has 0 spiro atoms. The number of aryl methyl sites for hydroxylation is 1. The van der Waals surface area contributed by atoms with Crippen LogP contribution >= 0.6 is 23.2 Å². The van der Waals surface area contributed by atoms with Gasteiger partial charge in [-0.3, -0.25) is 14.8 Å². The van der Waals surface area contributed by atoms with Crippen LogP contribution in [0.3, 0.4) is 0 Å². The number of aromatic nitrogens is 4. The predicted octanol–water partition coefficient (Wildman–Crippen LogP) is 5.64. The molecular formula is C34H37Cl2N7O3. The van der Waals surface area contributed by atoms with E-state index in [1.165, 1.54) is 6.42 Å². The molecule has 0 saturated carbocycles. The normalized spacial score (nSPS) is 17.4. The first-order chi connectivity index (χ1) is 22.4. The van der Waals surface area contributed by atoms with Crippen molar-refractivity contribution >= 4 is 29.1 Å². The fraction of sp³-hybridized carbons (Fsp3) is 0.382. The summed E-state index contributed by atoms with van der Waals surface area (Å²) in [6.07, 6.45) is 8.56. The van der Waals surface area contributed by atoms with Gasteiger partial charge < -0.3 is 25.4 Å². The summed E-state index contributed by atoms with van der Waals surface area (Å²) in [5, 5.41) is 10.8. The van der Waals surface area contributed by atoms with Crippen molar-refractivity contribution in [2.24, 2.45) is 0 Å². The smallest absolute Gasteiger partial charge is 0.237 e. The van der Waals surface area contributed by atoms with Gasteiger partial charge in [0.15, 0.2) is 0 Å². The van der Waals surface area contributed by atoms with E-state index in [0.29, 0.717) is 69.7 Å². The fourth-order valence-electron chi connectivity index (χ4n) is 5.85. The first-order valence-corrected chi connectivity index (χ1v) is 16.3. The van der Waals surface area contributed by atoms with Gasteiger partial charge in [0.2, 0.25) is 17.7 Å². The van der Waals surface area contributed by atoms with Crippen molar-refractivity contribution < 1.29 is 14.3 Å². The highest BCUT2D eigenvalue weighted by Gasteiger charge is 2.22. The molecule has 10 nitrogen and oxygen atoms in total. The standard InChI is InChI=1S/C34H37Cl2N7O3/c1-45-33-26(11-3-6-20-12-13-30(44)41-20)39-18-27(42-33)24-9-4-7-22(31(24)35)23-8-5-10-25(32(23)36)28-19-40-29(34(43-28)46-2)17-37-16-21-14-15-38-21/h4-5,7-10,18-21,37-38H,3,6,11-17H2,1-2H3,(H,41,44)/t20-,21-/m1/s1. The van der Waals surface area contributed by atoms with E-state index in [0.717, 1.165) is 54.9 Å². The van der Waals surface area contributed by atoms with Crippen LogP contribution in [0.5, 0.6) is 11.8 Å². The largest absolute Gasteiger partial charge is 0.480 e. The molecule has 240 valence electrons. The van der Waals surface area contributed by atoms with Crippen LogP contribution < -0.4 is 25.4 Å². The molecule has 2 aromatic heterocycles. The lowest BCUT2D eigenvalue weighted by Gasteiger charge is -2.27. The zero-order valence-corrected chi connectivity index (χ0v) is 27.4. The van der Waals surface area contributed by atoms with Crippen LogP contribution in [0.4, 0.5) is 0 Å². The first-order valence-electron chi connectivity index (χ1n) is 15.6. The second kappa shape index (κ2) is 14.7. The monoisotopic (exact) mass is 661 g/mol. The number of methoxy groups -OCH3 is 2. The molecule has 46 heavy (non-hydrogen) atoms. The van der Waals surface area contributed by atoms with Gasteiger partial charge in [-0.2, -0.15) is 0 Å². The molecule has 2 aliphatic rings. The highest BCUT2D eigenvalue weighted by Crippen LogP contribution is 2.42. The van der Waals surface area contributed by atoms with Crippen molar-refractivity contribution in [1.29, 1.82) is 0 Å². The zero-order chi connectivity index (χ0) is 32.0. The van der Waals surface area contributed by atoms with E-state index < -0.39 is 0 Å². The number of halogens is 2. The number of hydrogen-bond acceptors (Lipinski definition) is 9. The summed E-state index contributed by atoms with van der Waals surface area (Å²) in [6.45, 7) is 2.49. The minimum Gasteiger partial charge on any atom is -0.480 e. The van der Waals surface area contributed by atoms with E-state index in [1.807, 2.05) is 36.4 Å². The molecule has 6 rings (SSSR count). The Balaban J connectivity index is 1.22. The Hall–Kier alpha value is -3.83. The Morgan fingerprint density at radius 1 is 0.848 bits per heavy atom. The van der Waals surface area contributed by atoms with Crippen LogP contribution in [0.2, 0.25) is 10.0 Å². The molecular weight excluding hydrogens is 625 g/mol. The summed E-state index contributed by atoms with van der Waals surface area (Å²) >= 11 is 14.1. The Kier molecular flexibility index (Phi) is 10.3. The molecule has 2 saturated heterocycles. The number of benzene rings is 2. The predicted molar refractivity (Wildman–Crippen MR) is 179 cm³/mol. The number of ether oxygens (including phenoxy) is 2. The molecule has 0 unspecified atom stereocenters. The van der Waals surface area contributed by atoms with Gasteiger partial charge in [-0.1, -0.05) is 59.6 Å². The molecule has 2 aromatic carbocycles. The summed E-state index contributed by atoms with van der Waals surface area (Å²) in [5.41, 5.74) is 5.62. The third-order valence-electron chi connectivity index (χ3n) is 8.51. The molecule has 2 aliphatic heterocycles. The van der Waals surface area contributed by atoms with Gasteiger partial charge in [-0.25, -0.2) is 9.97 Å². The van der Waals surface area contributed by atoms with Crippen LogP contribution in [-0.2, 0) is 17.8 Å². The molecule has 0 aliphatic carbocycles. The van der Waals surface area contributed by atoms with E-state index in [4.69, 9.17) is 42.6 Å². The van der Waals surface area contributed by atoms with Gasteiger partial charge in [-0.05, 0) is 38.6 Å². The number of rotatable bonds is 13. The molecule has 2 fully saturated rings. The number of amides is 1. The summed E-state index contributed by atoms with van der Waals surface area (Å²) in [5.74, 6) is 1.04. The quantitative estimate of drug-likeness (QED) is 0.167. The number of nitrogens with zero attached hydrogens (tertiary/aromatic N) is 4. The maximum absolute atomic E-state index is 11.5. The highest BCUT2D eigenvalue weighted by molar-refractivity contribution is 6.39. The average Bonchev–Trinajstić information content (AvgIpc) is 3.47. The van der Waals surface area contributed by atoms with Crippen molar-refractivity contribution in [2.45, 2.75) is 57.2 Å². The Morgan fingerprint density at radius 3 is 1.98 bits per heavy atom. The van der Waals surface area contributed by atoms with Crippen molar-refractivity contribution in [1.82, 2.24) is 35.9 Å². The maximum Gasteiger partial charge on any atom is 0.237 e. The number of hydrogen-bond donors (Lipinski definition) is 3. The van der Waals surface area contributed by atoms with E-state index in [9.17, 15) is 4.79 Å². The van der Waals surface area contributed by atoms with Gasteiger partial charge in [0, 0.05) is 53.8 Å². The molecule has 0 bridgehead atoms. The maximum atomic E-state index is 11.5. The third kappa shape index (κ3) is 7.10. The minimum absolute atomic E-state index is 0.127. The molecule has 0 radical (unpaired) electrons. The lowest BCUT2D eigenvalue weighted by molar-refractivity contribution is -0.119. The SMILES string of the molecule is COc1nc(-c2cccc(-c3cccc(-c4cnc(CNC[C@H]5CCN5)c(OC)n4)c3Cl)c2Cl)cnc1CCC[C@@H]1CCC(=O)N1. The van der Waals surface area contributed by atoms with E-state index in [2.05, 4.69) is 25.9 Å². The van der Waals surface area contributed by atoms with E-state index >= 15 is 0 Å². The average molecular weight is 663 g/mol. The Labute approximate surface area is 278 Å². The first kappa shape index (κ1) is 32.1. The van der Waals surface area contributed by atoms with Gasteiger partial charge in [-0.15, -0.1) is 0 Å². The summed E-state index contributed by atoms with van der Waals surface area (Å²) < 4.78 is 11.2. The van der Waals surface area contributed by atoms with Gasteiger partial charge in [0.25, 0.3) is 0 Å². The fourth-order valence-corrected chi connectivity index (χ4v) is 6.50. The number of nitrogens with one attached hydrogen (secondary N) is 3. The molecule has 12 heteroatoms. The van der Waals surface area contributed by atoms with Crippen molar-refractivity contribution in [3.05, 3.63) is 70.2 Å². The Bertz CT molecular complexity index is 1720. The minimum atomic E-state index is 0.127. The summed E-state index contributed by atoms with van der Waals surface area (Å²) in [7, 11) is 3.18. The zero-order valence-electron chi connectivity index (χ0n) is 25.9. The molecule has 3 N–H and O–H groups in total. The second-order valence-electron chi connectivity index (χ2n) is 11.5. The number of carbonyl (C=O) groups excluding carboxylic acids is 1. The van der Waals surface area contributed by atoms with Crippen LogP contribution in [-0.4, -0.2) is 65.2 Å². The second-order valence-corrected chi connectivity index (χ2v) is 12.3. The van der Waals surface area contributed by atoms with Crippen LogP contribution in [0, 0.1) is 0 Å². The third-order valence-corrected chi connectivity index (χ3v) is 9.32. The van der Waals surface area contributed by atoms with Crippen molar-refractivity contribution in [3.63, 3.8) is 0 Å². The topological polar surface area (TPSA) is 123 Å². The molecule has 2 atom stereocenters. The number of carbonyl (C=O) groups is 1. The van der Waals surface area contributed by atoms with E-state index in [1.54, 1.807) is 26.6 Å². The highest BCUT2D eigenvalue weighted by atomic mass is 35.5. The van der Waals surface area contributed by atoms with E-state index in [-0.39, 0.29) is 11.9 Å². The molecule has 1 amide bonds. The van der Waals surface area contributed by atoms with Crippen LogP contribution in [0.25, 0.3) is 33.6 Å². The lowest BCUT2D eigenvalue weighted by atomic mass is 9.98. The van der Waals surface area contributed by atoms with Gasteiger partial charge in [0.05, 0.1) is 48.0 Å². The van der Waals surface area contributed by atoms with Crippen molar-refractivity contribution in [3.8, 4) is 45.4 Å². The summed E-state index contributed by atoms with van der Waals surface area (Å²) in [4.78, 5) is 30.3. The van der Waals surface area contributed by atoms with Crippen LogP contribution in [0.1, 0.15) is 43.5 Å².